The van der Waals surface area contributed by atoms with Crippen molar-refractivity contribution < 1.29 is 9.26 Å². The van der Waals surface area contributed by atoms with E-state index >= 15 is 0 Å². The third kappa shape index (κ3) is 4.74. The van der Waals surface area contributed by atoms with E-state index in [9.17, 15) is 0 Å². The van der Waals surface area contributed by atoms with Crippen LogP contribution in [0.25, 0.3) is 0 Å². The van der Waals surface area contributed by atoms with Gasteiger partial charge in [0.05, 0.1) is 11.8 Å². The molecule has 2 saturated carbocycles. The molecule has 7 nitrogen and oxygen atoms in total. The first-order valence-electron chi connectivity index (χ1n) is 11.0. The number of piperazine rings is 1. The van der Waals surface area contributed by atoms with Crippen molar-refractivity contribution in [2.24, 2.45) is 10.4 Å². The molecule has 0 aromatic carbocycles. The fourth-order valence-corrected chi connectivity index (χ4v) is 5.02. The Bertz CT molecular complexity index is 682. The van der Waals surface area contributed by atoms with E-state index in [4.69, 9.17) is 14.3 Å². The Kier molecular flexibility index (Phi) is 7.83. The van der Waals surface area contributed by atoms with Gasteiger partial charge in [0.1, 0.15) is 5.76 Å². The summed E-state index contributed by atoms with van der Waals surface area (Å²) in [6.07, 6.45) is 5.47. The molecular weight excluding hydrogens is 481 g/mol. The molecule has 2 heterocycles. The molecule has 0 amide bonds. The highest BCUT2D eigenvalue weighted by molar-refractivity contribution is 14.0. The van der Waals surface area contributed by atoms with E-state index in [-0.39, 0.29) is 24.0 Å². The average molecular weight is 517 g/mol. The van der Waals surface area contributed by atoms with Crippen molar-refractivity contribution in [1.82, 2.24) is 20.3 Å². The topological polar surface area (TPSA) is 66.1 Å². The van der Waals surface area contributed by atoms with Crippen LogP contribution in [0.2, 0.25) is 0 Å². The highest BCUT2D eigenvalue weighted by atomic mass is 127. The number of hydrogen-bond donors (Lipinski definition) is 1. The molecule has 3 fully saturated rings. The van der Waals surface area contributed by atoms with Crippen molar-refractivity contribution in [3.63, 3.8) is 0 Å². The molecule has 1 aliphatic heterocycles. The predicted molar refractivity (Wildman–Crippen MR) is 125 cm³/mol. The number of halogens is 1. The highest BCUT2D eigenvalue weighted by Gasteiger charge is 2.59. The Morgan fingerprint density at radius 3 is 2.62 bits per heavy atom. The van der Waals surface area contributed by atoms with E-state index in [1.165, 1.54) is 19.3 Å². The summed E-state index contributed by atoms with van der Waals surface area (Å²) in [5.74, 6) is 1.97. The van der Waals surface area contributed by atoms with Gasteiger partial charge in [-0.05, 0) is 40.0 Å². The lowest BCUT2D eigenvalue weighted by atomic mass is 9.51. The maximum atomic E-state index is 6.01. The van der Waals surface area contributed by atoms with E-state index in [1.54, 1.807) is 0 Å². The Labute approximate surface area is 191 Å². The van der Waals surface area contributed by atoms with Crippen LogP contribution in [0.5, 0.6) is 0 Å². The minimum atomic E-state index is 0. The molecule has 2 aliphatic carbocycles. The molecule has 1 N–H and O–H groups in total. The molecule has 2 atom stereocenters. The van der Waals surface area contributed by atoms with Crippen molar-refractivity contribution >= 4 is 29.9 Å². The number of aromatic nitrogens is 1. The summed E-state index contributed by atoms with van der Waals surface area (Å²) in [7, 11) is 0. The Morgan fingerprint density at radius 1 is 1.31 bits per heavy atom. The smallest absolute Gasteiger partial charge is 0.194 e. The number of nitrogens with one attached hydrogen (secondary N) is 1. The van der Waals surface area contributed by atoms with Crippen molar-refractivity contribution in [3.05, 3.63) is 17.5 Å². The van der Waals surface area contributed by atoms with Crippen LogP contribution < -0.4 is 5.32 Å². The molecule has 3 aliphatic rings. The van der Waals surface area contributed by atoms with Crippen molar-refractivity contribution in [2.45, 2.75) is 65.1 Å². The number of aryl methyl sites for hydroxylation is 1. The van der Waals surface area contributed by atoms with Gasteiger partial charge in [0.2, 0.25) is 0 Å². The molecule has 0 bridgehead atoms. The van der Waals surface area contributed by atoms with Crippen molar-refractivity contribution in [2.75, 3.05) is 39.3 Å². The summed E-state index contributed by atoms with van der Waals surface area (Å²) in [4.78, 5) is 9.69. The third-order valence-corrected chi connectivity index (χ3v) is 6.78. The molecule has 1 aromatic rings. The summed E-state index contributed by atoms with van der Waals surface area (Å²) >= 11 is 0. The van der Waals surface area contributed by atoms with Crippen LogP contribution in [0.15, 0.2) is 15.6 Å². The Balaban J connectivity index is 0.00000240. The molecule has 164 valence electrons. The first-order valence-corrected chi connectivity index (χ1v) is 11.0. The Hall–Kier alpha value is -0.870. The molecule has 4 rings (SSSR count). The first kappa shape index (κ1) is 22.8. The van der Waals surface area contributed by atoms with Crippen LogP contribution >= 0.6 is 24.0 Å². The second kappa shape index (κ2) is 9.96. The molecule has 8 heteroatoms. The lowest BCUT2D eigenvalue weighted by molar-refractivity contribution is -0.169. The number of aliphatic imine (C=N–C) groups is 1. The fraction of sp³-hybridized carbons (Fsp3) is 0.810. The van der Waals surface area contributed by atoms with Gasteiger partial charge in [0, 0.05) is 63.4 Å². The molecule has 0 radical (unpaired) electrons. The zero-order valence-electron chi connectivity index (χ0n) is 18.0. The summed E-state index contributed by atoms with van der Waals surface area (Å²) < 4.78 is 11.2. The number of hydrogen-bond acceptors (Lipinski definition) is 5. The third-order valence-electron chi connectivity index (χ3n) is 6.78. The van der Waals surface area contributed by atoms with Gasteiger partial charge in [-0.2, -0.15) is 0 Å². The van der Waals surface area contributed by atoms with Gasteiger partial charge in [-0.3, -0.25) is 9.89 Å². The zero-order chi connectivity index (χ0) is 19.6. The predicted octanol–water partition coefficient (Wildman–Crippen LogP) is 3.03. The standard InChI is InChI=1S/C21H35N5O2.HI/c1-4-22-20(23-18-14-19(27-5-2)21(18)7-6-8-21)26-11-9-25(10-12-26)15-17-13-16(3)28-24-17;/h13,18-19H,4-12,14-15H2,1-3H3,(H,22,23);1H. The van der Waals surface area contributed by atoms with Gasteiger partial charge >= 0.3 is 0 Å². The van der Waals surface area contributed by atoms with Crippen LogP contribution in [0.1, 0.15) is 51.0 Å². The Morgan fingerprint density at radius 2 is 2.07 bits per heavy atom. The van der Waals surface area contributed by atoms with Gasteiger partial charge in [-0.25, -0.2) is 0 Å². The largest absolute Gasteiger partial charge is 0.378 e. The minimum absolute atomic E-state index is 0. The molecule has 2 unspecified atom stereocenters. The first-order chi connectivity index (χ1) is 13.6. The van der Waals surface area contributed by atoms with E-state index in [2.05, 4.69) is 34.1 Å². The maximum absolute atomic E-state index is 6.01. The lowest BCUT2D eigenvalue weighted by Crippen LogP contribution is -2.69. The summed E-state index contributed by atoms with van der Waals surface area (Å²) in [6, 6.07) is 2.54. The van der Waals surface area contributed by atoms with Crippen LogP contribution in [-0.2, 0) is 11.3 Å². The van der Waals surface area contributed by atoms with Gasteiger partial charge in [-0.1, -0.05) is 11.6 Å². The molecule has 1 aromatic heterocycles. The number of nitrogens with zero attached hydrogens (tertiary/aromatic N) is 4. The maximum Gasteiger partial charge on any atom is 0.194 e. The average Bonchev–Trinajstić information content (AvgIpc) is 3.04. The monoisotopic (exact) mass is 517 g/mol. The summed E-state index contributed by atoms with van der Waals surface area (Å²) in [6.45, 7) is 12.7. The summed E-state index contributed by atoms with van der Waals surface area (Å²) in [5, 5.41) is 7.95. The number of guanidine groups is 1. The van der Waals surface area contributed by atoms with E-state index in [0.29, 0.717) is 17.6 Å². The highest BCUT2D eigenvalue weighted by Crippen LogP contribution is 2.57. The molecule has 1 saturated heterocycles. The summed E-state index contributed by atoms with van der Waals surface area (Å²) in [5.41, 5.74) is 1.38. The van der Waals surface area contributed by atoms with Crippen molar-refractivity contribution in [1.29, 1.82) is 0 Å². The van der Waals surface area contributed by atoms with Gasteiger partial charge < -0.3 is 19.5 Å². The van der Waals surface area contributed by atoms with E-state index < -0.39 is 0 Å². The molecular formula is C21H36IN5O2. The zero-order valence-corrected chi connectivity index (χ0v) is 20.4. The second-order valence-corrected chi connectivity index (χ2v) is 8.45. The van der Waals surface area contributed by atoms with E-state index in [0.717, 1.165) is 69.7 Å². The minimum Gasteiger partial charge on any atom is -0.378 e. The SMILES string of the molecule is CCN=C(NC1CC(OCC)C12CCC2)N1CCN(Cc2cc(C)on2)CC1.I. The number of rotatable bonds is 6. The quantitative estimate of drug-likeness (QED) is 0.356. The van der Waals surface area contributed by atoms with Gasteiger partial charge in [-0.15, -0.1) is 24.0 Å². The van der Waals surface area contributed by atoms with Crippen LogP contribution in [0.3, 0.4) is 0 Å². The van der Waals surface area contributed by atoms with Crippen LogP contribution in [0.4, 0.5) is 0 Å². The fourth-order valence-electron chi connectivity index (χ4n) is 5.02. The number of ether oxygens (including phenoxy) is 1. The normalized spacial score (nSPS) is 26.6. The van der Waals surface area contributed by atoms with Crippen molar-refractivity contribution in [3.8, 4) is 0 Å². The molecule has 1 spiro atoms. The second-order valence-electron chi connectivity index (χ2n) is 8.45. The van der Waals surface area contributed by atoms with Crippen LogP contribution in [0, 0.1) is 12.3 Å². The van der Waals surface area contributed by atoms with E-state index in [1.807, 2.05) is 13.0 Å². The van der Waals surface area contributed by atoms with Gasteiger partial charge in [0.25, 0.3) is 0 Å². The molecule has 29 heavy (non-hydrogen) atoms. The van der Waals surface area contributed by atoms with Gasteiger partial charge in [0.15, 0.2) is 5.96 Å². The van der Waals surface area contributed by atoms with Crippen LogP contribution in [-0.4, -0.2) is 72.4 Å². The lowest BCUT2D eigenvalue weighted by Gasteiger charge is -2.61.